The Labute approximate surface area is 194 Å². The van der Waals surface area contributed by atoms with Gasteiger partial charge < -0.3 is 9.64 Å². The van der Waals surface area contributed by atoms with Crippen molar-refractivity contribution in [3.8, 4) is 5.75 Å². The lowest BCUT2D eigenvalue weighted by molar-refractivity contribution is 0.301. The van der Waals surface area contributed by atoms with Gasteiger partial charge in [-0.25, -0.2) is 4.98 Å². The minimum Gasteiger partial charge on any atom is -0.490 e. The van der Waals surface area contributed by atoms with E-state index in [1.165, 1.54) is 0 Å². The number of halogens is 1. The lowest BCUT2D eigenvalue weighted by Crippen LogP contribution is -2.31. The number of aromatic nitrogens is 2. The summed E-state index contributed by atoms with van der Waals surface area (Å²) in [6.45, 7) is 5.73. The number of nitrogens with zero attached hydrogens (tertiary/aromatic N) is 4. The molecular weight excluding hydrogens is 417 g/mol. The molecule has 1 aliphatic rings. The third-order valence-electron chi connectivity index (χ3n) is 5.72. The van der Waals surface area contributed by atoms with E-state index >= 15 is 4.39 Å². The smallest absolute Gasteiger partial charge is 0.207 e. The summed E-state index contributed by atoms with van der Waals surface area (Å²) >= 11 is 0. The van der Waals surface area contributed by atoms with Crippen molar-refractivity contribution >= 4 is 17.9 Å². The van der Waals surface area contributed by atoms with Crippen LogP contribution in [0.2, 0.25) is 0 Å². The average Bonchev–Trinajstić information content (AvgIpc) is 2.84. The summed E-state index contributed by atoms with van der Waals surface area (Å²) in [7, 11) is 0. The number of aryl methyl sites for hydroxylation is 1. The summed E-state index contributed by atoms with van der Waals surface area (Å²) in [6.07, 6.45) is 7.28. The number of anilines is 2. The SMILES string of the molecule is Cc1cccc(/C=N/Nc2nc(N3CCCCC3)c(F)c(OCCc3ccccn3)c2C)c1. The highest BCUT2D eigenvalue weighted by atomic mass is 19.1. The molecule has 1 N–H and O–H groups in total. The van der Waals surface area contributed by atoms with Crippen LogP contribution in [0.25, 0.3) is 0 Å². The second-order valence-corrected chi connectivity index (χ2v) is 8.30. The molecule has 0 amide bonds. The molecule has 0 unspecified atom stereocenters. The van der Waals surface area contributed by atoms with Crippen LogP contribution in [-0.4, -0.2) is 35.9 Å². The Balaban J connectivity index is 1.58. The minimum absolute atomic E-state index is 0.217. The van der Waals surface area contributed by atoms with Crippen LogP contribution >= 0.6 is 0 Å². The van der Waals surface area contributed by atoms with Gasteiger partial charge in [-0.3, -0.25) is 10.4 Å². The van der Waals surface area contributed by atoms with Crippen molar-refractivity contribution in [1.82, 2.24) is 9.97 Å². The third kappa shape index (κ3) is 5.86. The summed E-state index contributed by atoms with van der Waals surface area (Å²) in [6, 6.07) is 13.8. The molecular formula is C26H30FN5O. The van der Waals surface area contributed by atoms with Gasteiger partial charge >= 0.3 is 0 Å². The Kier molecular flexibility index (Phi) is 7.50. The average molecular weight is 448 g/mol. The van der Waals surface area contributed by atoms with Crippen LogP contribution in [0.15, 0.2) is 53.8 Å². The van der Waals surface area contributed by atoms with Crippen molar-refractivity contribution in [2.75, 3.05) is 30.0 Å². The summed E-state index contributed by atoms with van der Waals surface area (Å²) in [5.41, 5.74) is 6.64. The van der Waals surface area contributed by atoms with E-state index in [1.54, 1.807) is 19.3 Å². The topological polar surface area (TPSA) is 62.6 Å². The van der Waals surface area contributed by atoms with Gasteiger partial charge in [0, 0.05) is 37.0 Å². The van der Waals surface area contributed by atoms with Gasteiger partial charge in [0.2, 0.25) is 5.82 Å². The molecule has 4 rings (SSSR count). The number of hydrogen-bond donors (Lipinski definition) is 1. The standard InChI is InChI=1S/C26H30FN5O/c1-19-9-8-10-21(17-19)18-29-31-25-20(2)24(33-16-12-22-11-4-5-13-28-22)23(27)26(30-25)32-14-6-3-7-15-32/h4-5,8-11,13,17-18H,3,6-7,12,14-16H2,1-2H3,(H,30,31)/b29-18+. The monoisotopic (exact) mass is 447 g/mol. The molecule has 1 aliphatic heterocycles. The van der Waals surface area contributed by atoms with Crippen LogP contribution < -0.4 is 15.1 Å². The molecule has 0 radical (unpaired) electrons. The maximum absolute atomic E-state index is 15.5. The van der Waals surface area contributed by atoms with E-state index in [2.05, 4.69) is 20.5 Å². The van der Waals surface area contributed by atoms with Crippen LogP contribution in [0.4, 0.5) is 16.0 Å². The van der Waals surface area contributed by atoms with Crippen LogP contribution in [0, 0.1) is 19.7 Å². The van der Waals surface area contributed by atoms with Crippen molar-refractivity contribution in [1.29, 1.82) is 0 Å². The second kappa shape index (κ2) is 10.9. The number of piperidine rings is 1. The van der Waals surface area contributed by atoms with Gasteiger partial charge in [0.05, 0.1) is 12.8 Å². The first-order valence-corrected chi connectivity index (χ1v) is 11.5. The zero-order valence-electron chi connectivity index (χ0n) is 19.2. The highest BCUT2D eigenvalue weighted by Crippen LogP contribution is 2.35. The predicted octanol–water partition coefficient (Wildman–Crippen LogP) is 5.29. The maximum Gasteiger partial charge on any atom is 0.207 e. The molecule has 2 aromatic heterocycles. The molecule has 33 heavy (non-hydrogen) atoms. The van der Waals surface area contributed by atoms with Gasteiger partial charge in [0.15, 0.2) is 17.4 Å². The second-order valence-electron chi connectivity index (χ2n) is 8.30. The largest absolute Gasteiger partial charge is 0.490 e. The molecule has 1 fully saturated rings. The number of ether oxygens (including phenoxy) is 1. The zero-order valence-corrected chi connectivity index (χ0v) is 19.2. The van der Waals surface area contributed by atoms with Crippen LogP contribution in [0.1, 0.15) is 41.6 Å². The van der Waals surface area contributed by atoms with Gasteiger partial charge in [-0.1, -0.05) is 35.9 Å². The van der Waals surface area contributed by atoms with Crippen molar-refractivity contribution in [3.05, 3.63) is 76.9 Å². The first-order valence-electron chi connectivity index (χ1n) is 11.5. The Hall–Kier alpha value is -3.48. The zero-order chi connectivity index (χ0) is 23.0. The molecule has 0 atom stereocenters. The Morgan fingerprint density at radius 2 is 1.97 bits per heavy atom. The number of pyridine rings is 2. The highest BCUT2D eigenvalue weighted by molar-refractivity contribution is 5.80. The first-order chi connectivity index (χ1) is 16.1. The fraction of sp³-hybridized carbons (Fsp3) is 0.346. The summed E-state index contributed by atoms with van der Waals surface area (Å²) < 4.78 is 21.5. The van der Waals surface area contributed by atoms with E-state index in [1.807, 2.05) is 54.3 Å². The van der Waals surface area contributed by atoms with Gasteiger partial charge in [-0.2, -0.15) is 9.49 Å². The lowest BCUT2D eigenvalue weighted by atomic mass is 10.1. The molecule has 3 aromatic rings. The molecule has 6 nitrogen and oxygen atoms in total. The molecule has 7 heteroatoms. The minimum atomic E-state index is -0.413. The molecule has 0 aliphatic carbocycles. The van der Waals surface area contributed by atoms with Crippen LogP contribution in [-0.2, 0) is 6.42 Å². The quantitative estimate of drug-likeness (QED) is 0.375. The van der Waals surface area contributed by atoms with E-state index < -0.39 is 5.82 Å². The number of nitrogens with one attached hydrogen (secondary N) is 1. The number of hydrazone groups is 1. The Morgan fingerprint density at radius 1 is 1.12 bits per heavy atom. The molecule has 0 saturated carbocycles. The maximum atomic E-state index is 15.5. The van der Waals surface area contributed by atoms with E-state index in [-0.39, 0.29) is 5.75 Å². The van der Waals surface area contributed by atoms with Gasteiger partial charge in [0.1, 0.15) is 0 Å². The Bertz CT molecular complexity index is 1100. The summed E-state index contributed by atoms with van der Waals surface area (Å²) in [5.74, 6) is 0.619. The third-order valence-corrected chi connectivity index (χ3v) is 5.72. The van der Waals surface area contributed by atoms with Gasteiger partial charge in [-0.15, -0.1) is 0 Å². The Morgan fingerprint density at radius 3 is 2.73 bits per heavy atom. The van der Waals surface area contributed by atoms with Gasteiger partial charge in [-0.05, 0) is 50.8 Å². The van der Waals surface area contributed by atoms with E-state index in [0.717, 1.165) is 49.2 Å². The number of rotatable bonds is 8. The van der Waals surface area contributed by atoms with Crippen LogP contribution in [0.5, 0.6) is 5.75 Å². The van der Waals surface area contributed by atoms with Crippen molar-refractivity contribution < 1.29 is 9.13 Å². The fourth-order valence-corrected chi connectivity index (χ4v) is 3.93. The van der Waals surface area contributed by atoms with Crippen molar-refractivity contribution in [3.63, 3.8) is 0 Å². The van der Waals surface area contributed by atoms with E-state index in [4.69, 9.17) is 4.74 Å². The summed E-state index contributed by atoms with van der Waals surface area (Å²) in [4.78, 5) is 10.9. The molecule has 0 spiro atoms. The van der Waals surface area contributed by atoms with Gasteiger partial charge in [0.25, 0.3) is 0 Å². The number of benzene rings is 1. The lowest BCUT2D eigenvalue weighted by Gasteiger charge is -2.29. The molecule has 3 heterocycles. The van der Waals surface area contributed by atoms with Crippen LogP contribution in [0.3, 0.4) is 0 Å². The first kappa shape index (κ1) is 22.7. The summed E-state index contributed by atoms with van der Waals surface area (Å²) in [5, 5.41) is 4.35. The predicted molar refractivity (Wildman–Crippen MR) is 131 cm³/mol. The normalized spacial score (nSPS) is 14.0. The van der Waals surface area contributed by atoms with E-state index in [0.29, 0.717) is 30.2 Å². The number of hydrogen-bond acceptors (Lipinski definition) is 6. The van der Waals surface area contributed by atoms with Crippen molar-refractivity contribution in [2.45, 2.75) is 39.5 Å². The molecule has 172 valence electrons. The van der Waals surface area contributed by atoms with Crippen molar-refractivity contribution in [2.24, 2.45) is 5.10 Å². The molecule has 1 aromatic carbocycles. The van der Waals surface area contributed by atoms with E-state index in [9.17, 15) is 0 Å². The highest BCUT2D eigenvalue weighted by Gasteiger charge is 2.24. The molecule has 1 saturated heterocycles. The fourth-order valence-electron chi connectivity index (χ4n) is 3.93. The molecule has 0 bridgehead atoms.